The van der Waals surface area contributed by atoms with Crippen LogP contribution >= 0.6 is 23.1 Å². The Morgan fingerprint density at radius 3 is 2.89 bits per heavy atom. The highest BCUT2D eigenvalue weighted by Gasteiger charge is 2.11. The van der Waals surface area contributed by atoms with E-state index in [1.807, 2.05) is 6.07 Å². The molecule has 0 aliphatic heterocycles. The van der Waals surface area contributed by atoms with Gasteiger partial charge in [-0.05, 0) is 12.1 Å². The van der Waals surface area contributed by atoms with Crippen molar-refractivity contribution in [3.63, 3.8) is 0 Å². The van der Waals surface area contributed by atoms with Gasteiger partial charge in [-0.1, -0.05) is 12.1 Å². The second-order valence-electron chi connectivity index (χ2n) is 3.83. The monoisotopic (exact) mass is 298 g/mol. The number of ether oxygens (including phenoxy) is 1. The topological polar surface area (TPSA) is 48.1 Å². The number of thioether (sulfide) groups is 1. The Morgan fingerprint density at radius 2 is 2.21 bits per heavy atom. The van der Waals surface area contributed by atoms with Crippen LogP contribution in [-0.2, 0) is 23.6 Å². The largest absolute Gasteiger partial charge is 0.378 e. The number of nitrogens with two attached hydrogens (primary N) is 1. The molecule has 3 nitrogen and oxygen atoms in total. The minimum atomic E-state index is -0.194. The van der Waals surface area contributed by atoms with Crippen LogP contribution in [-0.4, -0.2) is 12.1 Å². The molecule has 2 aromatic rings. The predicted molar refractivity (Wildman–Crippen MR) is 76.7 cm³/mol. The number of benzene rings is 1. The summed E-state index contributed by atoms with van der Waals surface area (Å²) in [5.41, 5.74) is 6.56. The number of aromatic nitrogens is 1. The highest BCUT2D eigenvalue weighted by Crippen LogP contribution is 2.28. The van der Waals surface area contributed by atoms with Gasteiger partial charge in [0.05, 0.1) is 18.1 Å². The van der Waals surface area contributed by atoms with Crippen LogP contribution < -0.4 is 5.73 Å². The first-order chi connectivity index (χ1) is 9.24. The van der Waals surface area contributed by atoms with Crippen molar-refractivity contribution in [1.82, 2.24) is 4.98 Å². The predicted octanol–water partition coefficient (Wildman–Crippen LogP) is 3.18. The zero-order chi connectivity index (χ0) is 13.7. The van der Waals surface area contributed by atoms with Gasteiger partial charge < -0.3 is 10.5 Å². The van der Waals surface area contributed by atoms with Crippen molar-refractivity contribution < 1.29 is 9.13 Å². The maximum atomic E-state index is 13.5. The average Bonchev–Trinajstić information content (AvgIpc) is 2.81. The zero-order valence-corrected chi connectivity index (χ0v) is 12.2. The molecule has 0 fully saturated rings. The quantitative estimate of drug-likeness (QED) is 0.832. The van der Waals surface area contributed by atoms with Gasteiger partial charge in [-0.3, -0.25) is 0 Å². The van der Waals surface area contributed by atoms with Crippen LogP contribution in [0.5, 0.6) is 0 Å². The average molecular weight is 298 g/mol. The minimum absolute atomic E-state index is 0.194. The maximum Gasteiger partial charge on any atom is 0.136 e. The smallest absolute Gasteiger partial charge is 0.136 e. The molecular weight excluding hydrogens is 283 g/mol. The first-order valence-electron chi connectivity index (χ1n) is 5.78. The Labute approximate surface area is 120 Å². The number of thiazole rings is 1. The summed E-state index contributed by atoms with van der Waals surface area (Å²) in [5.74, 6) is 0.447. The Kier molecular flexibility index (Phi) is 5.33. The molecule has 1 aromatic carbocycles. The Balaban J connectivity index is 2.05. The van der Waals surface area contributed by atoms with Gasteiger partial charge in [0.2, 0.25) is 0 Å². The molecule has 0 radical (unpaired) electrons. The molecule has 0 bridgehead atoms. The van der Waals surface area contributed by atoms with Gasteiger partial charge in [0.1, 0.15) is 10.8 Å². The number of hydrogen-bond acceptors (Lipinski definition) is 5. The fourth-order valence-electron chi connectivity index (χ4n) is 1.61. The van der Waals surface area contributed by atoms with Crippen LogP contribution in [0.3, 0.4) is 0 Å². The van der Waals surface area contributed by atoms with Gasteiger partial charge in [0, 0.05) is 23.4 Å². The number of rotatable bonds is 6. The summed E-state index contributed by atoms with van der Waals surface area (Å²) in [5, 5.41) is 0.945. The molecular formula is C13H15FN2OS2. The Morgan fingerprint density at radius 1 is 1.42 bits per heavy atom. The number of methoxy groups -OCH3 is 1. The molecule has 2 N–H and O–H groups in total. The van der Waals surface area contributed by atoms with Crippen molar-refractivity contribution in [1.29, 1.82) is 0 Å². The minimum Gasteiger partial charge on any atom is -0.378 e. The van der Waals surface area contributed by atoms with Gasteiger partial charge in [-0.2, -0.15) is 0 Å². The van der Waals surface area contributed by atoms with Gasteiger partial charge in [-0.25, -0.2) is 9.37 Å². The number of hydrogen-bond donors (Lipinski definition) is 1. The van der Waals surface area contributed by atoms with Gasteiger partial charge in [0.15, 0.2) is 0 Å². The van der Waals surface area contributed by atoms with Crippen LogP contribution in [0.15, 0.2) is 29.2 Å². The van der Waals surface area contributed by atoms with E-state index in [9.17, 15) is 4.39 Å². The standard InChI is InChI=1S/C13H15FN2OS2/c1-17-7-10-12(6-15)19-13(16-10)8-18-11-5-3-2-4-9(11)14/h2-5H,6-8,15H2,1H3. The molecule has 2 rings (SSSR count). The normalized spacial score (nSPS) is 10.9. The van der Waals surface area contributed by atoms with Crippen LogP contribution in [0.25, 0.3) is 0 Å². The zero-order valence-electron chi connectivity index (χ0n) is 10.6. The molecule has 0 spiro atoms. The van der Waals surface area contributed by atoms with E-state index in [1.165, 1.54) is 17.8 Å². The molecule has 0 saturated carbocycles. The van der Waals surface area contributed by atoms with Crippen molar-refractivity contribution >= 4 is 23.1 Å². The summed E-state index contributed by atoms with van der Waals surface area (Å²) in [6.45, 7) is 0.925. The molecule has 0 aliphatic rings. The van der Waals surface area contributed by atoms with E-state index in [2.05, 4.69) is 4.98 Å². The van der Waals surface area contributed by atoms with E-state index in [0.29, 0.717) is 23.8 Å². The van der Waals surface area contributed by atoms with E-state index in [-0.39, 0.29) is 5.82 Å². The van der Waals surface area contributed by atoms with Gasteiger partial charge >= 0.3 is 0 Å². The lowest BCUT2D eigenvalue weighted by molar-refractivity contribution is 0.181. The third-order valence-electron chi connectivity index (χ3n) is 2.48. The van der Waals surface area contributed by atoms with Crippen LogP contribution in [0.4, 0.5) is 4.39 Å². The molecule has 19 heavy (non-hydrogen) atoms. The second-order valence-corrected chi connectivity index (χ2v) is 6.02. The summed E-state index contributed by atoms with van der Waals surface area (Å²) >= 11 is 3.01. The third kappa shape index (κ3) is 3.76. The molecule has 0 unspecified atom stereocenters. The van der Waals surface area contributed by atoms with Crippen LogP contribution in [0.1, 0.15) is 15.6 Å². The number of nitrogens with zero attached hydrogens (tertiary/aromatic N) is 1. The van der Waals surface area contributed by atoms with Crippen LogP contribution in [0, 0.1) is 5.82 Å². The highest BCUT2D eigenvalue weighted by molar-refractivity contribution is 7.98. The molecule has 1 heterocycles. The summed E-state index contributed by atoms with van der Waals surface area (Å²) in [6, 6.07) is 6.75. The lowest BCUT2D eigenvalue weighted by atomic mass is 10.3. The summed E-state index contributed by atoms with van der Waals surface area (Å²) in [4.78, 5) is 6.16. The number of halogens is 1. The van der Waals surface area contributed by atoms with E-state index in [0.717, 1.165) is 15.6 Å². The second kappa shape index (κ2) is 7.00. The van der Waals surface area contributed by atoms with Gasteiger partial charge in [0.25, 0.3) is 0 Å². The fraction of sp³-hybridized carbons (Fsp3) is 0.308. The molecule has 0 amide bonds. The Hall–Kier alpha value is -0.950. The first-order valence-corrected chi connectivity index (χ1v) is 7.58. The lowest BCUT2D eigenvalue weighted by Gasteiger charge is -2.00. The summed E-state index contributed by atoms with van der Waals surface area (Å²) < 4.78 is 18.6. The van der Waals surface area contributed by atoms with Crippen molar-refractivity contribution in [3.05, 3.63) is 45.7 Å². The van der Waals surface area contributed by atoms with E-state index in [1.54, 1.807) is 30.6 Å². The van der Waals surface area contributed by atoms with Crippen molar-refractivity contribution in [2.75, 3.05) is 7.11 Å². The molecule has 0 atom stereocenters. The van der Waals surface area contributed by atoms with E-state index < -0.39 is 0 Å². The van der Waals surface area contributed by atoms with E-state index in [4.69, 9.17) is 10.5 Å². The maximum absolute atomic E-state index is 13.5. The summed E-state index contributed by atoms with van der Waals surface area (Å²) in [6.07, 6.45) is 0. The first kappa shape index (κ1) is 14.5. The van der Waals surface area contributed by atoms with Crippen LogP contribution in [0.2, 0.25) is 0 Å². The Bertz CT molecular complexity index is 545. The van der Waals surface area contributed by atoms with Gasteiger partial charge in [-0.15, -0.1) is 23.1 Å². The van der Waals surface area contributed by atoms with Crippen molar-refractivity contribution in [3.8, 4) is 0 Å². The fourth-order valence-corrected chi connectivity index (χ4v) is 3.49. The van der Waals surface area contributed by atoms with Crippen molar-refractivity contribution in [2.24, 2.45) is 5.73 Å². The van der Waals surface area contributed by atoms with E-state index >= 15 is 0 Å². The molecule has 1 aromatic heterocycles. The highest BCUT2D eigenvalue weighted by atomic mass is 32.2. The summed E-state index contributed by atoms with van der Waals surface area (Å²) in [7, 11) is 1.63. The molecule has 0 saturated heterocycles. The molecule has 0 aliphatic carbocycles. The SMILES string of the molecule is COCc1nc(CSc2ccccc2F)sc1CN. The lowest BCUT2D eigenvalue weighted by Crippen LogP contribution is -1.99. The van der Waals surface area contributed by atoms with Crippen molar-refractivity contribution in [2.45, 2.75) is 23.8 Å². The third-order valence-corrected chi connectivity index (χ3v) is 4.84. The molecule has 102 valence electrons. The molecule has 6 heteroatoms.